The van der Waals surface area contributed by atoms with E-state index in [1.165, 1.54) is 0 Å². The number of hydrogen-bond donors (Lipinski definition) is 1. The first-order valence-corrected chi connectivity index (χ1v) is 9.44. The molecule has 0 saturated carbocycles. The smallest absolute Gasteiger partial charge is 0.407 e. The fourth-order valence-corrected chi connectivity index (χ4v) is 3.30. The number of hydrogen-bond acceptors (Lipinski definition) is 4. The molecule has 1 amide bonds. The number of nitrogens with one attached hydrogen (secondary N) is 1. The molecule has 1 N–H and O–H groups in total. The summed E-state index contributed by atoms with van der Waals surface area (Å²) in [5.41, 5.74) is 1.29. The molecule has 8 heteroatoms. The third kappa shape index (κ3) is 6.46. The van der Waals surface area contributed by atoms with Gasteiger partial charge in [-0.2, -0.15) is 0 Å². The van der Waals surface area contributed by atoms with Crippen molar-refractivity contribution in [3.8, 4) is 0 Å². The average molecular weight is 434 g/mol. The molecule has 26 heavy (non-hydrogen) atoms. The number of alkyl carbamates (subject to hydrolysis) is 1. The Hall–Kier alpha value is -1.28. The minimum Gasteiger partial charge on any atom is -0.444 e. The summed E-state index contributed by atoms with van der Waals surface area (Å²) in [6.45, 7) is 7.58. The number of carbonyl (C=O) groups is 1. The Labute approximate surface area is 161 Å². The molecule has 5 nitrogen and oxygen atoms in total. The summed E-state index contributed by atoms with van der Waals surface area (Å²) in [4.78, 5) is 17.8. The quantitative estimate of drug-likeness (QED) is 0.719. The van der Waals surface area contributed by atoms with Crippen LogP contribution in [-0.2, 0) is 11.3 Å². The number of aryl methyl sites for hydroxylation is 1. The minimum absolute atomic E-state index is 0.173. The van der Waals surface area contributed by atoms with Crippen molar-refractivity contribution in [3.63, 3.8) is 0 Å². The second kappa shape index (κ2) is 8.17. The average Bonchev–Trinajstić information content (AvgIpc) is 2.48. The summed E-state index contributed by atoms with van der Waals surface area (Å²) in [5, 5.41) is 2.71. The van der Waals surface area contributed by atoms with Crippen LogP contribution in [0.1, 0.15) is 44.7 Å². The van der Waals surface area contributed by atoms with Gasteiger partial charge in [0, 0.05) is 31.7 Å². The van der Waals surface area contributed by atoms with Gasteiger partial charge in [-0.15, -0.1) is 0 Å². The number of rotatable bonds is 4. The molecule has 0 spiro atoms. The standard InChI is InChI=1S/C18H26BrF2N3O2/c1-12-8-22-15(19)7-13(12)10-24-11-18(20,21)6-5-14(24)9-23-16(25)26-17(2,3)4/h7-8,14H,5-6,9-11H2,1-4H3,(H,23,25)/t14-/m1/s1. The highest BCUT2D eigenvalue weighted by molar-refractivity contribution is 9.10. The van der Waals surface area contributed by atoms with Crippen LogP contribution in [0.15, 0.2) is 16.9 Å². The molecule has 2 rings (SSSR count). The second-order valence-electron chi connectivity index (χ2n) is 7.77. The number of nitrogens with zero attached hydrogens (tertiary/aromatic N) is 2. The maximum atomic E-state index is 14.0. The van der Waals surface area contributed by atoms with Gasteiger partial charge < -0.3 is 10.1 Å². The SMILES string of the molecule is Cc1cnc(Br)cc1CN1CC(F)(F)CC[C@@H]1CNC(=O)OC(C)(C)C. The number of carbonyl (C=O) groups excluding carboxylic acids is 1. The molecule has 2 heterocycles. The molecule has 1 saturated heterocycles. The van der Waals surface area contributed by atoms with Crippen molar-refractivity contribution < 1.29 is 18.3 Å². The van der Waals surface area contributed by atoms with Crippen molar-refractivity contribution >= 4 is 22.0 Å². The van der Waals surface area contributed by atoms with E-state index in [-0.39, 0.29) is 25.6 Å². The van der Waals surface area contributed by atoms with Crippen LogP contribution in [0.4, 0.5) is 13.6 Å². The molecule has 0 aromatic carbocycles. The van der Waals surface area contributed by atoms with Crippen molar-refractivity contribution in [3.05, 3.63) is 28.0 Å². The van der Waals surface area contributed by atoms with Crippen LogP contribution in [0.2, 0.25) is 0 Å². The molecule has 0 aliphatic carbocycles. The third-order valence-corrected chi connectivity index (χ3v) is 4.66. The number of piperidine rings is 1. The summed E-state index contributed by atoms with van der Waals surface area (Å²) in [5.74, 6) is -2.72. The molecule has 146 valence electrons. The van der Waals surface area contributed by atoms with E-state index < -0.39 is 17.6 Å². The van der Waals surface area contributed by atoms with E-state index in [4.69, 9.17) is 4.74 Å². The zero-order valence-electron chi connectivity index (χ0n) is 15.6. The summed E-state index contributed by atoms with van der Waals surface area (Å²) >= 11 is 3.33. The number of ether oxygens (including phenoxy) is 1. The van der Waals surface area contributed by atoms with Gasteiger partial charge in [0.1, 0.15) is 10.2 Å². The maximum absolute atomic E-state index is 14.0. The lowest BCUT2D eigenvalue weighted by atomic mass is 9.98. The fourth-order valence-electron chi connectivity index (χ4n) is 2.92. The van der Waals surface area contributed by atoms with Crippen LogP contribution in [-0.4, -0.2) is 46.6 Å². The van der Waals surface area contributed by atoms with Crippen molar-refractivity contribution in [2.24, 2.45) is 0 Å². The Morgan fingerprint density at radius 1 is 1.50 bits per heavy atom. The number of halogens is 3. The summed E-state index contributed by atoms with van der Waals surface area (Å²) in [7, 11) is 0. The van der Waals surface area contributed by atoms with E-state index in [1.807, 2.05) is 13.0 Å². The molecule has 1 atom stereocenters. The van der Waals surface area contributed by atoms with Gasteiger partial charge in [0.2, 0.25) is 0 Å². The van der Waals surface area contributed by atoms with Gasteiger partial charge in [0.05, 0.1) is 6.54 Å². The van der Waals surface area contributed by atoms with Crippen LogP contribution in [0.5, 0.6) is 0 Å². The lowest BCUT2D eigenvalue weighted by molar-refractivity contribution is -0.0848. The second-order valence-corrected chi connectivity index (χ2v) is 8.58. The first-order valence-electron chi connectivity index (χ1n) is 8.65. The zero-order valence-corrected chi connectivity index (χ0v) is 17.2. The largest absolute Gasteiger partial charge is 0.444 e. The van der Waals surface area contributed by atoms with Crippen LogP contribution in [0, 0.1) is 6.92 Å². The monoisotopic (exact) mass is 433 g/mol. The van der Waals surface area contributed by atoms with Gasteiger partial charge in [0.15, 0.2) is 0 Å². The maximum Gasteiger partial charge on any atom is 0.407 e. The van der Waals surface area contributed by atoms with E-state index in [0.29, 0.717) is 17.6 Å². The molecule has 0 bridgehead atoms. The lowest BCUT2D eigenvalue weighted by Crippen LogP contribution is -2.52. The first kappa shape index (κ1) is 21.0. The molecule has 1 aliphatic rings. The summed E-state index contributed by atoms with van der Waals surface area (Å²) in [6.07, 6.45) is 1.32. The topological polar surface area (TPSA) is 54.5 Å². The molecule has 1 fully saturated rings. The molecule has 0 radical (unpaired) electrons. The van der Waals surface area contributed by atoms with Crippen LogP contribution in [0.25, 0.3) is 0 Å². The van der Waals surface area contributed by atoms with Gasteiger partial charge in [-0.1, -0.05) is 0 Å². The molecular weight excluding hydrogens is 408 g/mol. The van der Waals surface area contributed by atoms with Crippen LogP contribution >= 0.6 is 15.9 Å². The summed E-state index contributed by atoms with van der Waals surface area (Å²) in [6, 6.07) is 1.67. The van der Waals surface area contributed by atoms with Gasteiger partial charge in [-0.3, -0.25) is 4.90 Å². The number of aromatic nitrogens is 1. The number of pyridine rings is 1. The Bertz CT molecular complexity index is 650. The van der Waals surface area contributed by atoms with Gasteiger partial charge in [-0.05, 0) is 67.2 Å². The van der Waals surface area contributed by atoms with Crippen molar-refractivity contribution in [2.45, 2.75) is 64.6 Å². The first-order chi connectivity index (χ1) is 12.0. The Morgan fingerprint density at radius 3 is 2.85 bits per heavy atom. The Morgan fingerprint density at radius 2 is 2.19 bits per heavy atom. The van der Waals surface area contributed by atoms with Crippen LogP contribution in [0.3, 0.4) is 0 Å². The highest BCUT2D eigenvalue weighted by Gasteiger charge is 2.40. The third-order valence-electron chi connectivity index (χ3n) is 4.23. The molecule has 1 aliphatic heterocycles. The van der Waals surface area contributed by atoms with E-state index in [0.717, 1.165) is 11.1 Å². The van der Waals surface area contributed by atoms with Crippen LogP contribution < -0.4 is 5.32 Å². The Kier molecular flexibility index (Phi) is 6.60. The molecule has 0 unspecified atom stereocenters. The van der Waals surface area contributed by atoms with Gasteiger partial charge in [0.25, 0.3) is 5.92 Å². The van der Waals surface area contributed by atoms with E-state index in [1.54, 1.807) is 31.9 Å². The van der Waals surface area contributed by atoms with Gasteiger partial charge in [-0.25, -0.2) is 18.6 Å². The molecule has 1 aromatic rings. The van der Waals surface area contributed by atoms with Gasteiger partial charge >= 0.3 is 6.09 Å². The number of likely N-dealkylation sites (tertiary alicyclic amines) is 1. The zero-order chi connectivity index (χ0) is 19.5. The number of alkyl halides is 2. The predicted octanol–water partition coefficient (Wildman–Crippen LogP) is 4.28. The minimum atomic E-state index is -2.72. The van der Waals surface area contributed by atoms with E-state index in [2.05, 4.69) is 26.2 Å². The molecular formula is C18H26BrF2N3O2. The van der Waals surface area contributed by atoms with Crippen molar-refractivity contribution in [2.75, 3.05) is 13.1 Å². The molecule has 1 aromatic heterocycles. The Balaban J connectivity index is 2.06. The van der Waals surface area contributed by atoms with Crippen molar-refractivity contribution in [1.82, 2.24) is 15.2 Å². The predicted molar refractivity (Wildman–Crippen MR) is 99.3 cm³/mol. The lowest BCUT2D eigenvalue weighted by Gasteiger charge is -2.39. The van der Waals surface area contributed by atoms with E-state index >= 15 is 0 Å². The fraction of sp³-hybridized carbons (Fsp3) is 0.667. The highest BCUT2D eigenvalue weighted by Crippen LogP contribution is 2.31. The van der Waals surface area contributed by atoms with E-state index in [9.17, 15) is 13.6 Å². The van der Waals surface area contributed by atoms with Crippen molar-refractivity contribution in [1.29, 1.82) is 0 Å². The highest BCUT2D eigenvalue weighted by atomic mass is 79.9. The summed E-state index contributed by atoms with van der Waals surface area (Å²) < 4.78 is 33.8. The number of amides is 1. The normalized spacial score (nSPS) is 20.7.